The number of esters is 1. The summed E-state index contributed by atoms with van der Waals surface area (Å²) in [5.41, 5.74) is 0.183. The van der Waals surface area contributed by atoms with E-state index in [1.807, 2.05) is 27.9 Å². The van der Waals surface area contributed by atoms with Gasteiger partial charge in [-0.25, -0.2) is 0 Å². The number of carbonyl (C=O) groups excluding carboxylic acids is 1. The van der Waals surface area contributed by atoms with Crippen LogP contribution >= 0.6 is 0 Å². The fourth-order valence-electron chi connectivity index (χ4n) is 2.78. The molecule has 0 aliphatic rings. The topological polar surface area (TPSA) is 29.5 Å². The highest BCUT2D eigenvalue weighted by Crippen LogP contribution is 2.51. The number of ether oxygens (including phenoxy) is 1. The first-order valence-corrected chi connectivity index (χ1v) is 8.22. The van der Waals surface area contributed by atoms with Crippen molar-refractivity contribution in [3.8, 4) is 0 Å². The predicted octanol–water partition coefficient (Wildman–Crippen LogP) is 4.53. The molecule has 3 heteroatoms. The number of hydrogen-bond donors (Lipinski definition) is 0. The first-order valence-electron chi connectivity index (χ1n) is 8.22. The van der Waals surface area contributed by atoms with Gasteiger partial charge in [-0.05, 0) is 46.2 Å². The van der Waals surface area contributed by atoms with E-state index < -0.39 is 5.41 Å². The number of carbonyl (C=O) groups is 1. The maximum Gasteiger partial charge on any atom is 0.312 e. The summed E-state index contributed by atoms with van der Waals surface area (Å²) in [6.45, 7) is 20.2. The van der Waals surface area contributed by atoms with Crippen LogP contribution in [0.4, 0.5) is 0 Å². The molecule has 0 heterocycles. The highest BCUT2D eigenvalue weighted by Gasteiger charge is 2.50. The van der Waals surface area contributed by atoms with E-state index in [0.29, 0.717) is 6.61 Å². The normalized spacial score (nSPS) is 15.5. The number of hydrogen-bond acceptors (Lipinski definition) is 3. The molecule has 0 aromatic rings. The molecule has 0 aliphatic heterocycles. The van der Waals surface area contributed by atoms with Gasteiger partial charge in [-0.1, -0.05) is 46.8 Å². The van der Waals surface area contributed by atoms with Crippen molar-refractivity contribution >= 4 is 5.97 Å². The third-order valence-corrected chi connectivity index (χ3v) is 4.76. The first kappa shape index (κ1) is 21.2. The Kier molecular flexibility index (Phi) is 7.34. The molecule has 0 bridgehead atoms. The minimum Gasteiger partial charge on any atom is -0.465 e. The zero-order valence-corrected chi connectivity index (χ0v) is 16.3. The molecule has 0 aromatic heterocycles. The van der Waals surface area contributed by atoms with E-state index in [4.69, 9.17) is 4.74 Å². The zero-order valence-electron chi connectivity index (χ0n) is 16.3. The fraction of sp³-hybridized carbons (Fsp3) is 0.842. The van der Waals surface area contributed by atoms with Crippen LogP contribution in [-0.2, 0) is 9.53 Å². The Labute approximate surface area is 138 Å². The van der Waals surface area contributed by atoms with Crippen molar-refractivity contribution < 1.29 is 9.53 Å². The standard InChI is InChI=1S/C19H37NO2/c1-15(2)18(6,7)19(8,14-17(3,4)5)16(21)22-13-11-12-20(9)10/h1,11-14H2,2-10H3. The maximum absolute atomic E-state index is 12.9. The lowest BCUT2D eigenvalue weighted by atomic mass is 9.58. The molecule has 0 aromatic carbocycles. The highest BCUT2D eigenvalue weighted by molar-refractivity contribution is 5.78. The third kappa shape index (κ3) is 5.75. The molecule has 22 heavy (non-hydrogen) atoms. The van der Waals surface area contributed by atoms with Crippen LogP contribution in [0.2, 0.25) is 0 Å². The molecule has 0 fully saturated rings. The SMILES string of the molecule is C=C(C)C(C)(C)C(C)(CC(C)(C)C)C(=O)OCCCN(C)C. The van der Waals surface area contributed by atoms with Crippen LogP contribution < -0.4 is 0 Å². The fourth-order valence-corrected chi connectivity index (χ4v) is 2.78. The van der Waals surface area contributed by atoms with E-state index in [0.717, 1.165) is 25.0 Å². The van der Waals surface area contributed by atoms with Gasteiger partial charge in [0.2, 0.25) is 0 Å². The number of allylic oxidation sites excluding steroid dienone is 1. The average Bonchev–Trinajstić information content (AvgIpc) is 2.31. The lowest BCUT2D eigenvalue weighted by Crippen LogP contribution is -2.46. The van der Waals surface area contributed by atoms with E-state index >= 15 is 0 Å². The van der Waals surface area contributed by atoms with Gasteiger partial charge in [0, 0.05) is 12.0 Å². The van der Waals surface area contributed by atoms with Crippen LogP contribution in [0.3, 0.4) is 0 Å². The van der Waals surface area contributed by atoms with Gasteiger partial charge in [-0.3, -0.25) is 4.79 Å². The molecule has 1 unspecified atom stereocenters. The number of nitrogens with zero attached hydrogens (tertiary/aromatic N) is 1. The van der Waals surface area contributed by atoms with Crippen molar-refractivity contribution in [3.05, 3.63) is 12.2 Å². The summed E-state index contributed by atoms with van der Waals surface area (Å²) in [4.78, 5) is 15.0. The van der Waals surface area contributed by atoms with Gasteiger partial charge in [0.25, 0.3) is 0 Å². The van der Waals surface area contributed by atoms with E-state index in [2.05, 4.69) is 46.1 Å². The lowest BCUT2D eigenvalue weighted by molar-refractivity contribution is -0.164. The minimum atomic E-state index is -0.574. The van der Waals surface area contributed by atoms with Crippen LogP contribution in [0.25, 0.3) is 0 Å². The Bertz CT molecular complexity index is 391. The highest BCUT2D eigenvalue weighted by atomic mass is 16.5. The summed E-state index contributed by atoms with van der Waals surface area (Å²) in [6, 6.07) is 0. The van der Waals surface area contributed by atoms with E-state index in [9.17, 15) is 4.79 Å². The zero-order chi connectivity index (χ0) is 17.8. The van der Waals surface area contributed by atoms with Crippen molar-refractivity contribution in [3.63, 3.8) is 0 Å². The molecule has 0 aliphatic carbocycles. The molecular weight excluding hydrogens is 274 g/mol. The second kappa shape index (κ2) is 7.63. The van der Waals surface area contributed by atoms with E-state index in [1.54, 1.807) is 0 Å². The van der Waals surface area contributed by atoms with Crippen LogP contribution in [0.15, 0.2) is 12.2 Å². The second-order valence-corrected chi connectivity index (χ2v) is 8.77. The average molecular weight is 312 g/mol. The smallest absolute Gasteiger partial charge is 0.312 e. The van der Waals surface area contributed by atoms with Gasteiger partial charge in [0.05, 0.1) is 12.0 Å². The summed E-state index contributed by atoms with van der Waals surface area (Å²) in [5.74, 6) is -0.103. The summed E-state index contributed by atoms with van der Waals surface area (Å²) in [5, 5.41) is 0. The molecule has 0 rings (SSSR count). The molecule has 0 saturated carbocycles. The van der Waals surface area contributed by atoms with Crippen LogP contribution in [0, 0.1) is 16.2 Å². The van der Waals surface area contributed by atoms with Crippen molar-refractivity contribution in [2.75, 3.05) is 27.2 Å². The molecule has 1 atom stereocenters. The first-order chi connectivity index (χ1) is 9.74. The van der Waals surface area contributed by atoms with Gasteiger partial charge < -0.3 is 9.64 Å². The van der Waals surface area contributed by atoms with Crippen LogP contribution in [0.5, 0.6) is 0 Å². The van der Waals surface area contributed by atoms with E-state index in [1.165, 1.54) is 0 Å². The van der Waals surface area contributed by atoms with Crippen molar-refractivity contribution in [1.82, 2.24) is 4.90 Å². The van der Waals surface area contributed by atoms with Crippen molar-refractivity contribution in [2.24, 2.45) is 16.2 Å². The molecular formula is C19H37NO2. The van der Waals surface area contributed by atoms with Crippen molar-refractivity contribution in [2.45, 2.75) is 61.3 Å². The van der Waals surface area contributed by atoms with Crippen molar-refractivity contribution in [1.29, 1.82) is 0 Å². The molecule has 0 saturated heterocycles. The third-order valence-electron chi connectivity index (χ3n) is 4.76. The molecule has 0 amide bonds. The maximum atomic E-state index is 12.9. The van der Waals surface area contributed by atoms with Gasteiger partial charge in [-0.15, -0.1) is 0 Å². The lowest BCUT2D eigenvalue weighted by Gasteiger charge is -2.46. The van der Waals surface area contributed by atoms with Crippen LogP contribution in [-0.4, -0.2) is 38.1 Å². The molecule has 130 valence electrons. The van der Waals surface area contributed by atoms with E-state index in [-0.39, 0.29) is 16.8 Å². The summed E-state index contributed by atoms with van der Waals surface area (Å²) < 4.78 is 5.63. The number of rotatable bonds is 8. The Balaban J connectivity index is 5.16. The van der Waals surface area contributed by atoms with Gasteiger partial charge in [0.1, 0.15) is 0 Å². The molecule has 0 N–H and O–H groups in total. The quantitative estimate of drug-likeness (QED) is 0.375. The van der Waals surface area contributed by atoms with Gasteiger partial charge in [0.15, 0.2) is 0 Å². The monoisotopic (exact) mass is 311 g/mol. The Morgan fingerprint density at radius 1 is 1.09 bits per heavy atom. The molecule has 0 spiro atoms. The van der Waals surface area contributed by atoms with Gasteiger partial charge >= 0.3 is 5.97 Å². The summed E-state index contributed by atoms with van der Waals surface area (Å²) in [6.07, 6.45) is 1.63. The largest absolute Gasteiger partial charge is 0.465 e. The predicted molar refractivity (Wildman–Crippen MR) is 94.9 cm³/mol. The Morgan fingerprint density at radius 2 is 1.59 bits per heavy atom. The summed E-state index contributed by atoms with van der Waals surface area (Å²) in [7, 11) is 4.05. The minimum absolute atomic E-state index is 0.0458. The molecule has 0 radical (unpaired) electrons. The second-order valence-electron chi connectivity index (χ2n) is 8.77. The Hall–Kier alpha value is -0.830. The molecule has 3 nitrogen and oxygen atoms in total. The Morgan fingerprint density at radius 3 is 1.95 bits per heavy atom. The summed E-state index contributed by atoms with van der Waals surface area (Å²) >= 11 is 0. The van der Waals surface area contributed by atoms with Crippen LogP contribution in [0.1, 0.15) is 61.3 Å². The van der Waals surface area contributed by atoms with Gasteiger partial charge in [-0.2, -0.15) is 0 Å².